The van der Waals surface area contributed by atoms with Gasteiger partial charge in [0.15, 0.2) is 0 Å². The standard InChI is InChI=1S/C25H28F2N4O5S/c1-25(2,35)14-9-17(26)22(18(27)10-14)19-11-16(23(28)34)24(37-19)30-20-6-4-5-15(29-20)12-36-13-21(33)31(3)7-8-32/h4-6,9-11,32,35H,7-8,12-13H2,1-3H3,(H2,28,34)(H,29,30). The molecule has 2 amide bonds. The van der Waals surface area contributed by atoms with Crippen LogP contribution in [0.5, 0.6) is 0 Å². The molecule has 2 heterocycles. The minimum atomic E-state index is -1.44. The maximum atomic E-state index is 14.9. The lowest BCUT2D eigenvalue weighted by Crippen LogP contribution is -2.32. The van der Waals surface area contributed by atoms with E-state index in [1.807, 2.05) is 0 Å². The number of pyridine rings is 1. The molecule has 12 heteroatoms. The van der Waals surface area contributed by atoms with Crippen molar-refractivity contribution in [2.75, 3.05) is 32.1 Å². The number of aliphatic hydroxyl groups excluding tert-OH is 1. The molecule has 1 aromatic carbocycles. The molecule has 0 spiro atoms. The van der Waals surface area contributed by atoms with E-state index in [2.05, 4.69) is 10.3 Å². The van der Waals surface area contributed by atoms with Gasteiger partial charge in [-0.2, -0.15) is 0 Å². The van der Waals surface area contributed by atoms with Crippen molar-refractivity contribution in [2.24, 2.45) is 5.73 Å². The number of nitrogens with one attached hydrogen (secondary N) is 1. The molecule has 198 valence electrons. The summed E-state index contributed by atoms with van der Waals surface area (Å²) in [4.78, 5) is 29.8. The molecule has 2 aromatic heterocycles. The van der Waals surface area contributed by atoms with Crippen molar-refractivity contribution in [3.63, 3.8) is 0 Å². The van der Waals surface area contributed by atoms with Crippen LogP contribution in [-0.4, -0.2) is 58.7 Å². The quantitative estimate of drug-likeness (QED) is 0.297. The summed E-state index contributed by atoms with van der Waals surface area (Å²) in [6, 6.07) is 8.37. The molecule has 0 fully saturated rings. The number of hydrogen-bond donors (Lipinski definition) is 4. The number of carbonyl (C=O) groups is 2. The normalized spacial score (nSPS) is 11.4. The summed E-state index contributed by atoms with van der Waals surface area (Å²) in [6.07, 6.45) is 0. The lowest BCUT2D eigenvalue weighted by atomic mass is 9.96. The Bertz CT molecular complexity index is 1270. The molecule has 0 aliphatic carbocycles. The van der Waals surface area contributed by atoms with Crippen LogP contribution >= 0.6 is 11.3 Å². The number of halogens is 2. The highest BCUT2D eigenvalue weighted by atomic mass is 32.1. The fraction of sp³-hybridized carbons (Fsp3) is 0.320. The minimum Gasteiger partial charge on any atom is -0.395 e. The third-order valence-electron chi connectivity index (χ3n) is 5.38. The number of rotatable bonds is 11. The summed E-state index contributed by atoms with van der Waals surface area (Å²) in [5, 5.41) is 22.2. The van der Waals surface area contributed by atoms with Gasteiger partial charge in [-0.15, -0.1) is 11.3 Å². The summed E-state index contributed by atoms with van der Waals surface area (Å²) in [5.74, 6) is -2.56. The zero-order valence-electron chi connectivity index (χ0n) is 20.5. The Morgan fingerprint density at radius 3 is 2.49 bits per heavy atom. The Kier molecular flexibility index (Phi) is 8.92. The van der Waals surface area contributed by atoms with E-state index in [1.54, 1.807) is 25.2 Å². The first kappa shape index (κ1) is 28.1. The summed E-state index contributed by atoms with van der Waals surface area (Å²) in [7, 11) is 1.55. The first-order valence-electron chi connectivity index (χ1n) is 11.2. The van der Waals surface area contributed by atoms with E-state index in [1.165, 1.54) is 24.8 Å². The molecule has 0 radical (unpaired) electrons. The SMILES string of the molecule is CN(CCO)C(=O)COCc1cccc(Nc2sc(-c3c(F)cc(C(C)(C)O)cc3F)cc2C(N)=O)n1. The van der Waals surface area contributed by atoms with Gasteiger partial charge in [0.25, 0.3) is 5.91 Å². The van der Waals surface area contributed by atoms with Gasteiger partial charge in [-0.25, -0.2) is 13.8 Å². The lowest BCUT2D eigenvalue weighted by Gasteiger charge is -2.18. The molecule has 0 saturated heterocycles. The smallest absolute Gasteiger partial charge is 0.251 e. The number of carbonyl (C=O) groups excluding carboxylic acids is 2. The van der Waals surface area contributed by atoms with Crippen LogP contribution in [-0.2, 0) is 21.7 Å². The van der Waals surface area contributed by atoms with Crippen molar-refractivity contribution in [1.29, 1.82) is 0 Å². The van der Waals surface area contributed by atoms with Crippen LogP contribution < -0.4 is 11.1 Å². The number of primary amides is 1. The molecule has 3 rings (SSSR count). The molecule has 0 aliphatic rings. The van der Waals surface area contributed by atoms with Crippen LogP contribution in [0.1, 0.15) is 35.5 Å². The topological polar surface area (TPSA) is 138 Å². The number of nitrogens with two attached hydrogens (primary N) is 1. The number of nitrogens with zero attached hydrogens (tertiary/aromatic N) is 2. The van der Waals surface area contributed by atoms with Crippen molar-refractivity contribution >= 4 is 34.0 Å². The largest absolute Gasteiger partial charge is 0.395 e. The fourth-order valence-corrected chi connectivity index (χ4v) is 4.44. The zero-order chi connectivity index (χ0) is 27.3. The fourth-order valence-electron chi connectivity index (χ4n) is 3.33. The molecular weight excluding hydrogens is 506 g/mol. The summed E-state index contributed by atoms with van der Waals surface area (Å²) < 4.78 is 35.1. The maximum Gasteiger partial charge on any atom is 0.251 e. The van der Waals surface area contributed by atoms with Crippen molar-refractivity contribution < 1.29 is 33.3 Å². The number of likely N-dealkylation sites (N-methyl/N-ethyl adjacent to an activating group) is 1. The van der Waals surface area contributed by atoms with Crippen LogP contribution in [0, 0.1) is 11.6 Å². The van der Waals surface area contributed by atoms with Crippen LogP contribution in [0.25, 0.3) is 10.4 Å². The van der Waals surface area contributed by atoms with Crippen molar-refractivity contribution in [1.82, 2.24) is 9.88 Å². The van der Waals surface area contributed by atoms with E-state index in [0.717, 1.165) is 23.5 Å². The van der Waals surface area contributed by atoms with Gasteiger partial charge in [0.1, 0.15) is 29.1 Å². The van der Waals surface area contributed by atoms with Crippen LogP contribution in [0.3, 0.4) is 0 Å². The van der Waals surface area contributed by atoms with E-state index in [4.69, 9.17) is 15.6 Å². The Morgan fingerprint density at radius 1 is 1.22 bits per heavy atom. The minimum absolute atomic E-state index is 0.0198. The van der Waals surface area contributed by atoms with Crippen molar-refractivity contribution in [3.05, 3.63) is 64.9 Å². The third kappa shape index (κ3) is 7.07. The molecule has 0 unspecified atom stereocenters. The van der Waals surface area contributed by atoms with Crippen molar-refractivity contribution in [2.45, 2.75) is 26.1 Å². The predicted octanol–water partition coefficient (Wildman–Crippen LogP) is 3.13. The molecule has 0 saturated carbocycles. The van der Waals surface area contributed by atoms with Gasteiger partial charge in [0, 0.05) is 18.5 Å². The number of anilines is 2. The van der Waals surface area contributed by atoms with Gasteiger partial charge < -0.3 is 30.9 Å². The Balaban J connectivity index is 1.81. The second-order valence-electron chi connectivity index (χ2n) is 8.76. The van der Waals surface area contributed by atoms with Crippen LogP contribution in [0.2, 0.25) is 0 Å². The van der Waals surface area contributed by atoms with Crippen LogP contribution in [0.4, 0.5) is 19.6 Å². The monoisotopic (exact) mass is 534 g/mol. The van der Waals surface area contributed by atoms with E-state index >= 15 is 0 Å². The Morgan fingerprint density at radius 2 is 1.89 bits per heavy atom. The number of aliphatic hydroxyl groups is 2. The van der Waals surface area contributed by atoms with E-state index < -0.39 is 23.1 Å². The molecule has 0 aliphatic heterocycles. The molecule has 0 bridgehead atoms. The first-order chi connectivity index (χ1) is 17.4. The van der Waals surface area contributed by atoms with Gasteiger partial charge >= 0.3 is 0 Å². The van der Waals surface area contributed by atoms with Gasteiger partial charge in [-0.1, -0.05) is 6.07 Å². The molecule has 9 nitrogen and oxygen atoms in total. The molecule has 0 atom stereocenters. The predicted molar refractivity (Wildman–Crippen MR) is 135 cm³/mol. The number of benzene rings is 1. The number of ether oxygens (including phenoxy) is 1. The van der Waals surface area contributed by atoms with Crippen molar-refractivity contribution in [3.8, 4) is 10.4 Å². The summed E-state index contributed by atoms with van der Waals surface area (Å²) >= 11 is 0.917. The molecule has 5 N–H and O–H groups in total. The molecular formula is C25H28F2N4O5S. The number of hydrogen-bond acceptors (Lipinski definition) is 8. The number of aromatic nitrogens is 1. The summed E-state index contributed by atoms with van der Waals surface area (Å²) in [6.45, 7) is 2.71. The average molecular weight is 535 g/mol. The van der Waals surface area contributed by atoms with Gasteiger partial charge in [0.2, 0.25) is 5.91 Å². The van der Waals surface area contributed by atoms with Gasteiger partial charge in [-0.05, 0) is 49.7 Å². The first-order valence-corrected chi connectivity index (χ1v) is 12.0. The second kappa shape index (κ2) is 11.7. The average Bonchev–Trinajstić information content (AvgIpc) is 3.21. The summed E-state index contributed by atoms with van der Waals surface area (Å²) in [5.41, 5.74) is 4.29. The van der Waals surface area contributed by atoms with E-state index in [-0.39, 0.29) is 58.8 Å². The van der Waals surface area contributed by atoms with Gasteiger partial charge in [0.05, 0.1) is 35.6 Å². The third-order valence-corrected chi connectivity index (χ3v) is 6.45. The van der Waals surface area contributed by atoms with E-state index in [9.17, 15) is 23.5 Å². The second-order valence-corrected chi connectivity index (χ2v) is 9.81. The molecule has 37 heavy (non-hydrogen) atoms. The number of amides is 2. The Hall–Kier alpha value is -3.45. The van der Waals surface area contributed by atoms with Crippen LogP contribution in [0.15, 0.2) is 36.4 Å². The lowest BCUT2D eigenvalue weighted by molar-refractivity contribution is -0.135. The van der Waals surface area contributed by atoms with Gasteiger partial charge in [-0.3, -0.25) is 9.59 Å². The van der Waals surface area contributed by atoms with E-state index in [0.29, 0.717) is 11.5 Å². The molecule has 3 aromatic rings. The zero-order valence-corrected chi connectivity index (χ0v) is 21.4. The highest BCUT2D eigenvalue weighted by Crippen LogP contribution is 2.40. The highest BCUT2D eigenvalue weighted by Gasteiger charge is 2.24. The highest BCUT2D eigenvalue weighted by molar-refractivity contribution is 7.20. The Labute approximate surface area is 216 Å². The number of thiophene rings is 1. The maximum absolute atomic E-state index is 14.9.